The molecule has 0 heterocycles. The van der Waals surface area contributed by atoms with Gasteiger partial charge in [-0.1, -0.05) is 71.3 Å². The SMILES string of the molecule is C=C(/C(=C\C=C/C)CC1CCCC1)C(C)(C)C. The van der Waals surface area contributed by atoms with E-state index >= 15 is 0 Å². The minimum Gasteiger partial charge on any atom is -0.0950 e. The van der Waals surface area contributed by atoms with Gasteiger partial charge >= 0.3 is 0 Å². The molecule has 0 atom stereocenters. The summed E-state index contributed by atoms with van der Waals surface area (Å²) in [6, 6.07) is 0. The molecule has 0 bridgehead atoms. The van der Waals surface area contributed by atoms with Crippen LogP contribution in [0, 0.1) is 11.3 Å². The molecule has 1 rings (SSSR count). The second kappa shape index (κ2) is 6.23. The van der Waals surface area contributed by atoms with Crippen molar-refractivity contribution < 1.29 is 0 Å². The Balaban J connectivity index is 2.76. The van der Waals surface area contributed by atoms with Gasteiger partial charge in [-0.25, -0.2) is 0 Å². The fraction of sp³-hybridized carbons (Fsp3) is 0.647. The summed E-state index contributed by atoms with van der Waals surface area (Å²) in [5.41, 5.74) is 2.96. The van der Waals surface area contributed by atoms with Gasteiger partial charge in [0.1, 0.15) is 0 Å². The molecule has 0 unspecified atom stereocenters. The molecular formula is C17H28. The van der Waals surface area contributed by atoms with Crippen molar-refractivity contribution in [3.63, 3.8) is 0 Å². The van der Waals surface area contributed by atoms with E-state index in [0.29, 0.717) is 0 Å². The van der Waals surface area contributed by atoms with Crippen molar-refractivity contribution in [1.82, 2.24) is 0 Å². The summed E-state index contributed by atoms with van der Waals surface area (Å²) < 4.78 is 0. The molecule has 0 N–H and O–H groups in total. The molecule has 0 aromatic carbocycles. The first-order valence-corrected chi connectivity index (χ1v) is 6.96. The first-order valence-electron chi connectivity index (χ1n) is 6.96. The van der Waals surface area contributed by atoms with Gasteiger partial charge in [0.05, 0.1) is 0 Å². The number of allylic oxidation sites excluding steroid dienone is 5. The molecule has 1 aliphatic rings. The van der Waals surface area contributed by atoms with Crippen molar-refractivity contribution in [3.05, 3.63) is 36.0 Å². The van der Waals surface area contributed by atoms with E-state index in [4.69, 9.17) is 0 Å². The van der Waals surface area contributed by atoms with Crippen LogP contribution in [0.3, 0.4) is 0 Å². The minimum absolute atomic E-state index is 0.187. The number of hydrogen-bond acceptors (Lipinski definition) is 0. The van der Waals surface area contributed by atoms with Crippen LogP contribution < -0.4 is 0 Å². The monoisotopic (exact) mass is 232 g/mol. The van der Waals surface area contributed by atoms with Crippen molar-refractivity contribution in [2.45, 2.75) is 59.8 Å². The maximum Gasteiger partial charge on any atom is -0.0135 e. The molecule has 0 saturated heterocycles. The molecule has 1 saturated carbocycles. The van der Waals surface area contributed by atoms with Crippen molar-refractivity contribution >= 4 is 0 Å². The highest BCUT2D eigenvalue weighted by Gasteiger charge is 2.22. The lowest BCUT2D eigenvalue weighted by molar-refractivity contribution is 0.486. The lowest BCUT2D eigenvalue weighted by Gasteiger charge is -2.26. The van der Waals surface area contributed by atoms with Crippen molar-refractivity contribution in [2.24, 2.45) is 11.3 Å². The zero-order chi connectivity index (χ0) is 12.9. The summed E-state index contributed by atoms with van der Waals surface area (Å²) in [6.07, 6.45) is 13.4. The van der Waals surface area contributed by atoms with Crippen molar-refractivity contribution in [2.75, 3.05) is 0 Å². The predicted molar refractivity (Wildman–Crippen MR) is 78.1 cm³/mol. The van der Waals surface area contributed by atoms with E-state index in [1.54, 1.807) is 0 Å². The zero-order valence-corrected chi connectivity index (χ0v) is 12.1. The quantitative estimate of drug-likeness (QED) is 0.548. The van der Waals surface area contributed by atoms with Crippen LogP contribution in [0.1, 0.15) is 59.8 Å². The lowest BCUT2D eigenvalue weighted by atomic mass is 9.79. The van der Waals surface area contributed by atoms with Gasteiger partial charge in [-0.15, -0.1) is 0 Å². The van der Waals surface area contributed by atoms with E-state index in [0.717, 1.165) is 5.92 Å². The van der Waals surface area contributed by atoms with E-state index in [1.165, 1.54) is 43.3 Å². The van der Waals surface area contributed by atoms with Crippen LogP contribution in [0.4, 0.5) is 0 Å². The maximum atomic E-state index is 4.32. The van der Waals surface area contributed by atoms with Gasteiger partial charge in [0, 0.05) is 0 Å². The number of rotatable bonds is 4. The van der Waals surface area contributed by atoms with E-state index in [-0.39, 0.29) is 5.41 Å². The van der Waals surface area contributed by atoms with Crippen LogP contribution in [-0.2, 0) is 0 Å². The van der Waals surface area contributed by atoms with Crippen LogP contribution >= 0.6 is 0 Å². The Morgan fingerprint density at radius 3 is 2.29 bits per heavy atom. The molecule has 0 radical (unpaired) electrons. The summed E-state index contributed by atoms with van der Waals surface area (Å²) in [5, 5.41) is 0. The summed E-state index contributed by atoms with van der Waals surface area (Å²) in [5.74, 6) is 0.894. The largest absolute Gasteiger partial charge is 0.0950 e. The zero-order valence-electron chi connectivity index (χ0n) is 12.1. The molecule has 0 nitrogen and oxygen atoms in total. The molecule has 1 aliphatic carbocycles. The van der Waals surface area contributed by atoms with E-state index in [1.807, 2.05) is 0 Å². The van der Waals surface area contributed by atoms with Gasteiger partial charge in [-0.3, -0.25) is 0 Å². The molecule has 0 aromatic rings. The Morgan fingerprint density at radius 2 is 1.82 bits per heavy atom. The van der Waals surface area contributed by atoms with Crippen LogP contribution in [-0.4, -0.2) is 0 Å². The Labute approximate surface area is 108 Å². The smallest absolute Gasteiger partial charge is 0.0135 e. The van der Waals surface area contributed by atoms with Gasteiger partial charge in [0.25, 0.3) is 0 Å². The van der Waals surface area contributed by atoms with Gasteiger partial charge in [-0.2, -0.15) is 0 Å². The third-order valence-corrected chi connectivity index (χ3v) is 3.77. The topological polar surface area (TPSA) is 0 Å². The summed E-state index contributed by atoms with van der Waals surface area (Å²) >= 11 is 0. The Kier molecular flexibility index (Phi) is 5.24. The average molecular weight is 232 g/mol. The Hall–Kier alpha value is -0.780. The second-order valence-electron chi connectivity index (χ2n) is 6.30. The van der Waals surface area contributed by atoms with Crippen LogP contribution in [0.15, 0.2) is 36.0 Å². The average Bonchev–Trinajstić information content (AvgIpc) is 2.74. The van der Waals surface area contributed by atoms with Gasteiger partial charge in [0.15, 0.2) is 0 Å². The van der Waals surface area contributed by atoms with Crippen molar-refractivity contribution in [1.29, 1.82) is 0 Å². The van der Waals surface area contributed by atoms with Crippen LogP contribution in [0.2, 0.25) is 0 Å². The molecule has 0 heteroatoms. The molecule has 0 spiro atoms. The predicted octanol–water partition coefficient (Wildman–Crippen LogP) is 5.67. The molecule has 17 heavy (non-hydrogen) atoms. The fourth-order valence-corrected chi connectivity index (χ4v) is 2.51. The molecule has 96 valence electrons. The van der Waals surface area contributed by atoms with E-state index in [9.17, 15) is 0 Å². The van der Waals surface area contributed by atoms with Crippen LogP contribution in [0.25, 0.3) is 0 Å². The van der Waals surface area contributed by atoms with Crippen molar-refractivity contribution in [3.8, 4) is 0 Å². The number of hydrogen-bond donors (Lipinski definition) is 0. The third-order valence-electron chi connectivity index (χ3n) is 3.77. The van der Waals surface area contributed by atoms with E-state index in [2.05, 4.69) is 52.5 Å². The van der Waals surface area contributed by atoms with Gasteiger partial charge < -0.3 is 0 Å². The lowest BCUT2D eigenvalue weighted by Crippen LogP contribution is -2.12. The Morgan fingerprint density at radius 1 is 1.24 bits per heavy atom. The first kappa shape index (κ1) is 14.3. The molecule has 0 amide bonds. The fourth-order valence-electron chi connectivity index (χ4n) is 2.51. The summed E-state index contributed by atoms with van der Waals surface area (Å²) in [4.78, 5) is 0. The molecule has 0 aliphatic heterocycles. The highest BCUT2D eigenvalue weighted by molar-refractivity contribution is 5.35. The third kappa shape index (κ3) is 4.53. The minimum atomic E-state index is 0.187. The summed E-state index contributed by atoms with van der Waals surface area (Å²) in [7, 11) is 0. The van der Waals surface area contributed by atoms with Crippen LogP contribution in [0.5, 0.6) is 0 Å². The van der Waals surface area contributed by atoms with E-state index < -0.39 is 0 Å². The van der Waals surface area contributed by atoms with Gasteiger partial charge in [-0.05, 0) is 35.8 Å². The first-order chi connectivity index (χ1) is 7.95. The summed E-state index contributed by atoms with van der Waals surface area (Å²) in [6.45, 7) is 13.2. The Bertz CT molecular complexity index is 303. The van der Waals surface area contributed by atoms with Gasteiger partial charge in [0.2, 0.25) is 0 Å². The standard InChI is InChI=1S/C17H28/c1-6-7-12-16(14(2)17(3,4)5)13-15-10-8-9-11-15/h6-7,12,15H,2,8-11,13H2,1,3-5H3/b7-6-,16-12-. The normalized spacial score (nSPS) is 19.2. The highest BCUT2D eigenvalue weighted by atomic mass is 14.3. The molecular weight excluding hydrogens is 204 g/mol. The maximum absolute atomic E-state index is 4.32. The highest BCUT2D eigenvalue weighted by Crippen LogP contribution is 2.37. The second-order valence-corrected chi connectivity index (χ2v) is 6.30. The molecule has 1 fully saturated rings. The molecule has 0 aromatic heterocycles.